The lowest BCUT2D eigenvalue weighted by Gasteiger charge is -2.08. The quantitative estimate of drug-likeness (QED) is 0.655. The molecule has 0 aliphatic heterocycles. The number of carbonyl (C=O) groups excluding carboxylic acids is 1. The van der Waals surface area contributed by atoms with Crippen LogP contribution >= 0.6 is 0 Å². The lowest BCUT2D eigenvalue weighted by atomic mass is 10.1. The largest absolute Gasteiger partial charge is 0.481 e. The number of carbonyl (C=O) groups is 2. The lowest BCUT2D eigenvalue weighted by Crippen LogP contribution is -2.15. The first-order valence-corrected chi connectivity index (χ1v) is 9.00. The van der Waals surface area contributed by atoms with Crippen molar-refractivity contribution in [3.63, 3.8) is 0 Å². The van der Waals surface area contributed by atoms with E-state index in [1.54, 1.807) is 12.3 Å². The molecule has 8 heteroatoms. The van der Waals surface area contributed by atoms with Gasteiger partial charge in [-0.15, -0.1) is 0 Å². The molecule has 8 nitrogen and oxygen atoms in total. The normalized spacial score (nSPS) is 10.8. The number of rotatable bonds is 7. The van der Waals surface area contributed by atoms with Crippen molar-refractivity contribution in [3.05, 3.63) is 64.7 Å². The summed E-state index contributed by atoms with van der Waals surface area (Å²) in [4.78, 5) is 23.2. The highest BCUT2D eigenvalue weighted by Crippen LogP contribution is 2.22. The zero-order valence-corrected chi connectivity index (χ0v) is 16.1. The third kappa shape index (κ3) is 4.28. The number of anilines is 1. The Balaban J connectivity index is 1.74. The van der Waals surface area contributed by atoms with Gasteiger partial charge in [0.05, 0.1) is 36.6 Å². The summed E-state index contributed by atoms with van der Waals surface area (Å²) in [5.41, 5.74) is 4.84. The van der Waals surface area contributed by atoms with Crippen molar-refractivity contribution in [2.45, 2.75) is 40.3 Å². The second-order valence-electron chi connectivity index (χ2n) is 6.69. The van der Waals surface area contributed by atoms with Crippen molar-refractivity contribution in [2.24, 2.45) is 0 Å². The number of nitrogens with zero attached hydrogens (tertiary/aromatic N) is 4. The summed E-state index contributed by atoms with van der Waals surface area (Å²) >= 11 is 0. The van der Waals surface area contributed by atoms with E-state index in [0.29, 0.717) is 12.2 Å². The summed E-state index contributed by atoms with van der Waals surface area (Å²) < 4.78 is 3.32. The Kier molecular flexibility index (Phi) is 5.58. The maximum atomic E-state index is 12.6. The molecule has 2 N–H and O–H groups in total. The molecular weight excluding hydrogens is 358 g/mol. The van der Waals surface area contributed by atoms with Crippen LogP contribution in [-0.4, -0.2) is 36.5 Å². The Bertz CT molecular complexity index is 1020. The van der Waals surface area contributed by atoms with Gasteiger partial charge in [-0.3, -0.25) is 19.0 Å². The van der Waals surface area contributed by atoms with E-state index >= 15 is 0 Å². The number of hydrogen-bond acceptors (Lipinski definition) is 4. The fourth-order valence-corrected chi connectivity index (χ4v) is 2.98. The number of amides is 1. The van der Waals surface area contributed by atoms with E-state index in [1.807, 2.05) is 30.7 Å². The van der Waals surface area contributed by atoms with Gasteiger partial charge >= 0.3 is 5.97 Å². The van der Waals surface area contributed by atoms with Gasteiger partial charge in [-0.05, 0) is 38.0 Å². The molecule has 0 aliphatic carbocycles. The number of benzene rings is 1. The smallest absolute Gasteiger partial charge is 0.305 e. The minimum absolute atomic E-state index is 0.0490. The van der Waals surface area contributed by atoms with Crippen LogP contribution in [0.2, 0.25) is 0 Å². The molecule has 3 aromatic rings. The van der Waals surface area contributed by atoms with Crippen molar-refractivity contribution in [1.82, 2.24) is 19.6 Å². The molecule has 0 spiro atoms. The van der Waals surface area contributed by atoms with Gasteiger partial charge in [0, 0.05) is 6.20 Å². The summed E-state index contributed by atoms with van der Waals surface area (Å²) in [5.74, 6) is -1.26. The van der Waals surface area contributed by atoms with Crippen molar-refractivity contribution in [2.75, 3.05) is 5.32 Å². The van der Waals surface area contributed by atoms with E-state index in [2.05, 4.69) is 34.6 Å². The summed E-state index contributed by atoms with van der Waals surface area (Å²) in [5, 5.41) is 20.3. The molecule has 0 saturated carbocycles. The highest BCUT2D eigenvalue weighted by Gasteiger charge is 2.17. The summed E-state index contributed by atoms with van der Waals surface area (Å²) in [6.45, 7) is 6.67. The first-order valence-electron chi connectivity index (χ1n) is 9.00. The van der Waals surface area contributed by atoms with Crippen LogP contribution in [0.25, 0.3) is 0 Å². The average molecular weight is 381 g/mol. The van der Waals surface area contributed by atoms with Gasteiger partial charge in [0.1, 0.15) is 0 Å². The highest BCUT2D eigenvalue weighted by molar-refractivity contribution is 6.03. The third-order valence-electron chi connectivity index (χ3n) is 4.63. The number of aliphatic carboxylic acids is 1. The molecule has 0 atom stereocenters. The number of nitrogens with one attached hydrogen (secondary N) is 1. The van der Waals surface area contributed by atoms with Gasteiger partial charge in [0.2, 0.25) is 0 Å². The number of carboxylic acids is 1. The minimum Gasteiger partial charge on any atom is -0.481 e. The molecule has 2 aromatic heterocycles. The predicted molar refractivity (Wildman–Crippen MR) is 104 cm³/mol. The molecule has 3 rings (SSSR count). The van der Waals surface area contributed by atoms with E-state index in [4.69, 9.17) is 5.11 Å². The van der Waals surface area contributed by atoms with Crippen molar-refractivity contribution >= 4 is 17.6 Å². The van der Waals surface area contributed by atoms with Crippen LogP contribution < -0.4 is 5.32 Å². The summed E-state index contributed by atoms with van der Waals surface area (Å²) in [6, 6.07) is 9.69. The van der Waals surface area contributed by atoms with Crippen LogP contribution in [0.1, 0.15) is 39.4 Å². The molecule has 2 heterocycles. The monoisotopic (exact) mass is 381 g/mol. The molecule has 1 amide bonds. The second-order valence-corrected chi connectivity index (χ2v) is 6.69. The molecule has 0 radical (unpaired) electrons. The zero-order chi connectivity index (χ0) is 20.3. The van der Waals surface area contributed by atoms with Crippen molar-refractivity contribution in [3.8, 4) is 0 Å². The fourth-order valence-electron chi connectivity index (χ4n) is 2.98. The standard InChI is InChI=1S/C20H23N5O3/c1-13-6-4-5-7-16(13)12-25-15(3)19(14(2)22-25)21-20(28)17-8-10-24(23-17)11-9-18(26)27/h4-8,10H,9,11-12H2,1-3H3,(H,21,28)(H,26,27). The van der Waals surface area contributed by atoms with E-state index in [1.165, 1.54) is 15.8 Å². The Hall–Kier alpha value is -3.42. The molecule has 146 valence electrons. The van der Waals surface area contributed by atoms with E-state index in [9.17, 15) is 9.59 Å². The molecule has 0 bridgehead atoms. The predicted octanol–water partition coefficient (Wildman–Crippen LogP) is 2.78. The molecule has 0 aliphatic rings. The third-order valence-corrected chi connectivity index (χ3v) is 4.63. The number of aromatic nitrogens is 4. The van der Waals surface area contributed by atoms with Gasteiger partial charge in [-0.1, -0.05) is 24.3 Å². The Morgan fingerprint density at radius 3 is 2.57 bits per heavy atom. The van der Waals surface area contributed by atoms with E-state index < -0.39 is 5.97 Å². The fraction of sp³-hybridized carbons (Fsp3) is 0.300. The van der Waals surface area contributed by atoms with Gasteiger partial charge in [0.15, 0.2) is 5.69 Å². The number of aryl methyl sites for hydroxylation is 3. The van der Waals surface area contributed by atoms with Gasteiger partial charge in [-0.2, -0.15) is 10.2 Å². The van der Waals surface area contributed by atoms with Crippen LogP contribution in [-0.2, 0) is 17.9 Å². The topological polar surface area (TPSA) is 102 Å². The maximum absolute atomic E-state index is 12.6. The minimum atomic E-state index is -0.909. The van der Waals surface area contributed by atoms with E-state index in [-0.39, 0.29) is 24.6 Å². The molecule has 1 aromatic carbocycles. The lowest BCUT2D eigenvalue weighted by molar-refractivity contribution is -0.137. The Morgan fingerprint density at radius 2 is 1.86 bits per heavy atom. The van der Waals surface area contributed by atoms with Crippen molar-refractivity contribution < 1.29 is 14.7 Å². The number of hydrogen-bond donors (Lipinski definition) is 2. The SMILES string of the molecule is Cc1ccccc1Cn1nc(C)c(NC(=O)c2ccn(CCC(=O)O)n2)c1C. The average Bonchev–Trinajstić information content (AvgIpc) is 3.22. The molecule has 28 heavy (non-hydrogen) atoms. The Morgan fingerprint density at radius 1 is 1.11 bits per heavy atom. The second kappa shape index (κ2) is 8.08. The first kappa shape index (κ1) is 19.3. The van der Waals surface area contributed by atoms with Gasteiger partial charge in [-0.25, -0.2) is 0 Å². The molecule has 0 saturated heterocycles. The summed E-state index contributed by atoms with van der Waals surface area (Å²) in [7, 11) is 0. The zero-order valence-electron chi connectivity index (χ0n) is 16.1. The van der Waals surface area contributed by atoms with Crippen LogP contribution in [0.5, 0.6) is 0 Å². The van der Waals surface area contributed by atoms with Crippen LogP contribution in [0, 0.1) is 20.8 Å². The first-order chi connectivity index (χ1) is 13.3. The van der Waals surface area contributed by atoms with E-state index in [0.717, 1.165) is 11.4 Å². The van der Waals surface area contributed by atoms with Crippen molar-refractivity contribution in [1.29, 1.82) is 0 Å². The van der Waals surface area contributed by atoms with Gasteiger partial charge in [0.25, 0.3) is 5.91 Å². The highest BCUT2D eigenvalue weighted by atomic mass is 16.4. The molecule has 0 fully saturated rings. The molecule has 0 unspecified atom stereocenters. The Labute approximate surface area is 162 Å². The van der Waals surface area contributed by atoms with Gasteiger partial charge < -0.3 is 10.4 Å². The number of carboxylic acid groups (broad SMARTS) is 1. The molecular formula is C20H23N5O3. The van der Waals surface area contributed by atoms with Crippen LogP contribution in [0.3, 0.4) is 0 Å². The van der Waals surface area contributed by atoms with Crippen LogP contribution in [0.15, 0.2) is 36.5 Å². The van der Waals surface area contributed by atoms with Crippen LogP contribution in [0.4, 0.5) is 5.69 Å². The maximum Gasteiger partial charge on any atom is 0.305 e. The summed E-state index contributed by atoms with van der Waals surface area (Å²) in [6.07, 6.45) is 1.55.